The summed E-state index contributed by atoms with van der Waals surface area (Å²) in [5.74, 6) is -1.43. The van der Waals surface area contributed by atoms with Crippen molar-refractivity contribution in [3.63, 3.8) is 0 Å². The zero-order chi connectivity index (χ0) is 12.8. The van der Waals surface area contributed by atoms with Crippen molar-refractivity contribution in [2.45, 2.75) is 13.0 Å². The van der Waals surface area contributed by atoms with Gasteiger partial charge in [0.2, 0.25) is 0 Å². The second-order valence-electron chi connectivity index (χ2n) is 3.36. The van der Waals surface area contributed by atoms with Gasteiger partial charge < -0.3 is 16.4 Å². The van der Waals surface area contributed by atoms with E-state index in [9.17, 15) is 9.59 Å². The Labute approximate surface area is 108 Å². The van der Waals surface area contributed by atoms with Crippen molar-refractivity contribution in [2.75, 3.05) is 6.54 Å². The molecule has 1 unspecified atom stereocenters. The first-order chi connectivity index (χ1) is 8.00. The van der Waals surface area contributed by atoms with Gasteiger partial charge in [-0.1, -0.05) is 18.3 Å². The molecule has 1 heterocycles. The molecule has 5 nitrogen and oxygen atoms in total. The summed E-state index contributed by atoms with van der Waals surface area (Å²) in [6.45, 7) is 1.83. The van der Waals surface area contributed by atoms with Crippen molar-refractivity contribution < 1.29 is 9.59 Å². The highest BCUT2D eigenvalue weighted by atomic mass is 32.1. The van der Waals surface area contributed by atoms with Crippen molar-refractivity contribution in [3.05, 3.63) is 22.4 Å². The van der Waals surface area contributed by atoms with Crippen LogP contribution in [-0.2, 0) is 9.59 Å². The summed E-state index contributed by atoms with van der Waals surface area (Å²) in [5, 5.41) is 6.81. The molecule has 0 bridgehead atoms. The maximum absolute atomic E-state index is 11.5. The number of nitrogens with one attached hydrogen (secondary N) is 2. The van der Waals surface area contributed by atoms with E-state index in [1.165, 1.54) is 11.3 Å². The third-order valence-corrected chi connectivity index (χ3v) is 3.15. The Hall–Kier alpha value is -1.47. The third kappa shape index (κ3) is 4.49. The molecule has 92 valence electrons. The predicted octanol–water partition coefficient (Wildman–Crippen LogP) is 0.328. The van der Waals surface area contributed by atoms with Gasteiger partial charge in [0.1, 0.15) is 0 Å². The molecule has 1 aromatic heterocycles. The number of nitrogens with two attached hydrogens (primary N) is 1. The van der Waals surface area contributed by atoms with Crippen molar-refractivity contribution in [1.82, 2.24) is 10.6 Å². The van der Waals surface area contributed by atoms with Crippen LogP contribution >= 0.6 is 23.6 Å². The fourth-order valence-corrected chi connectivity index (χ4v) is 1.93. The molecule has 17 heavy (non-hydrogen) atoms. The topological polar surface area (TPSA) is 84.2 Å². The Bertz CT molecular complexity index is 417. The molecule has 7 heteroatoms. The number of thiocarbonyl (C=S) groups is 1. The SMILES string of the molecule is CC(NC(=O)C(=O)NCC(N)=S)c1cccs1. The second kappa shape index (κ2) is 6.31. The number of amides is 2. The highest BCUT2D eigenvalue weighted by molar-refractivity contribution is 7.80. The summed E-state index contributed by atoms with van der Waals surface area (Å²) in [7, 11) is 0. The number of thiophene rings is 1. The molecule has 1 aromatic rings. The Morgan fingerprint density at radius 3 is 2.76 bits per heavy atom. The van der Waals surface area contributed by atoms with Gasteiger partial charge in [-0.3, -0.25) is 9.59 Å². The normalized spacial score (nSPS) is 11.6. The van der Waals surface area contributed by atoms with Crippen LogP contribution in [0, 0.1) is 0 Å². The van der Waals surface area contributed by atoms with Gasteiger partial charge in [-0.15, -0.1) is 11.3 Å². The van der Waals surface area contributed by atoms with Crippen LogP contribution in [0.1, 0.15) is 17.8 Å². The first-order valence-corrected chi connectivity index (χ1v) is 6.20. The van der Waals surface area contributed by atoms with Crippen molar-refractivity contribution in [3.8, 4) is 0 Å². The highest BCUT2D eigenvalue weighted by Crippen LogP contribution is 2.17. The number of hydrogen-bond donors (Lipinski definition) is 3. The van der Waals surface area contributed by atoms with Crippen molar-refractivity contribution in [2.24, 2.45) is 5.73 Å². The first kappa shape index (κ1) is 13.6. The minimum Gasteiger partial charge on any atom is -0.392 e. The Morgan fingerprint density at radius 2 is 2.24 bits per heavy atom. The quantitative estimate of drug-likeness (QED) is 0.544. The molecular weight excluding hydrogens is 258 g/mol. The largest absolute Gasteiger partial charge is 0.392 e. The summed E-state index contributed by atoms with van der Waals surface area (Å²) >= 11 is 6.10. The average molecular weight is 271 g/mol. The van der Waals surface area contributed by atoms with E-state index in [-0.39, 0.29) is 17.6 Å². The average Bonchev–Trinajstić information content (AvgIpc) is 2.78. The molecule has 0 radical (unpaired) electrons. The van der Waals surface area contributed by atoms with E-state index >= 15 is 0 Å². The molecular formula is C10H13N3O2S2. The number of rotatable bonds is 4. The first-order valence-electron chi connectivity index (χ1n) is 4.91. The van der Waals surface area contributed by atoms with Gasteiger partial charge >= 0.3 is 11.8 Å². The predicted molar refractivity (Wildman–Crippen MR) is 70.7 cm³/mol. The van der Waals surface area contributed by atoms with Gasteiger partial charge in [0.25, 0.3) is 0 Å². The summed E-state index contributed by atoms with van der Waals surface area (Å²) in [6, 6.07) is 3.58. The Morgan fingerprint density at radius 1 is 1.53 bits per heavy atom. The third-order valence-electron chi connectivity index (χ3n) is 1.95. The zero-order valence-corrected chi connectivity index (χ0v) is 10.9. The summed E-state index contributed by atoms with van der Waals surface area (Å²) in [6.07, 6.45) is 0. The molecule has 2 amide bonds. The maximum Gasteiger partial charge on any atom is 0.309 e. The molecule has 0 aliphatic heterocycles. The number of hydrogen-bond acceptors (Lipinski definition) is 4. The van der Waals surface area contributed by atoms with E-state index in [0.717, 1.165) is 4.88 Å². The number of carbonyl (C=O) groups is 2. The van der Waals surface area contributed by atoms with Crippen LogP contribution in [0.5, 0.6) is 0 Å². The van der Waals surface area contributed by atoms with Crippen LogP contribution in [-0.4, -0.2) is 23.3 Å². The van der Waals surface area contributed by atoms with Crippen LogP contribution in [0.15, 0.2) is 17.5 Å². The highest BCUT2D eigenvalue weighted by Gasteiger charge is 2.16. The van der Waals surface area contributed by atoms with Crippen LogP contribution < -0.4 is 16.4 Å². The van der Waals surface area contributed by atoms with E-state index in [1.54, 1.807) is 0 Å². The number of carbonyl (C=O) groups excluding carboxylic acids is 2. The van der Waals surface area contributed by atoms with E-state index < -0.39 is 11.8 Å². The van der Waals surface area contributed by atoms with Crippen molar-refractivity contribution in [1.29, 1.82) is 0 Å². The van der Waals surface area contributed by atoms with Gasteiger partial charge in [0.15, 0.2) is 0 Å². The van der Waals surface area contributed by atoms with Gasteiger partial charge in [0.05, 0.1) is 17.6 Å². The minimum atomic E-state index is -0.735. The van der Waals surface area contributed by atoms with Gasteiger partial charge in [-0.25, -0.2) is 0 Å². The Balaban J connectivity index is 2.43. The van der Waals surface area contributed by atoms with Gasteiger partial charge in [0, 0.05) is 4.88 Å². The van der Waals surface area contributed by atoms with E-state index in [2.05, 4.69) is 22.9 Å². The fraction of sp³-hybridized carbons (Fsp3) is 0.300. The molecule has 0 aromatic carbocycles. The van der Waals surface area contributed by atoms with Crippen LogP contribution in [0.2, 0.25) is 0 Å². The van der Waals surface area contributed by atoms with Crippen LogP contribution in [0.3, 0.4) is 0 Å². The molecule has 4 N–H and O–H groups in total. The lowest BCUT2D eigenvalue weighted by Crippen LogP contribution is -2.43. The fourth-order valence-electron chi connectivity index (χ4n) is 1.12. The van der Waals surface area contributed by atoms with Gasteiger partial charge in [-0.05, 0) is 18.4 Å². The van der Waals surface area contributed by atoms with E-state index in [0.29, 0.717) is 0 Å². The lowest BCUT2D eigenvalue weighted by Gasteiger charge is -2.11. The second-order valence-corrected chi connectivity index (χ2v) is 4.86. The molecule has 0 spiro atoms. The summed E-state index contributed by atoms with van der Waals surface area (Å²) in [5.41, 5.74) is 5.21. The maximum atomic E-state index is 11.5. The van der Waals surface area contributed by atoms with E-state index in [1.807, 2.05) is 24.4 Å². The van der Waals surface area contributed by atoms with Crippen molar-refractivity contribution >= 4 is 40.4 Å². The van der Waals surface area contributed by atoms with E-state index in [4.69, 9.17) is 5.73 Å². The van der Waals surface area contributed by atoms with Gasteiger partial charge in [-0.2, -0.15) is 0 Å². The molecule has 0 saturated carbocycles. The molecule has 1 atom stereocenters. The smallest absolute Gasteiger partial charge is 0.309 e. The lowest BCUT2D eigenvalue weighted by molar-refractivity contribution is -0.139. The Kier molecular flexibility index (Phi) is 5.05. The summed E-state index contributed by atoms with van der Waals surface area (Å²) in [4.78, 5) is 23.9. The standard InChI is InChI=1S/C10H13N3O2S2/c1-6(7-3-2-4-17-7)13-10(15)9(14)12-5-8(11)16/h2-4,6H,5H2,1H3,(H2,11,16)(H,12,14)(H,13,15). The minimum absolute atomic E-state index is 0.0228. The zero-order valence-electron chi connectivity index (χ0n) is 9.23. The lowest BCUT2D eigenvalue weighted by atomic mass is 10.3. The molecule has 0 aliphatic rings. The summed E-state index contributed by atoms with van der Waals surface area (Å²) < 4.78 is 0. The molecule has 0 aliphatic carbocycles. The van der Waals surface area contributed by atoms with Crippen LogP contribution in [0.25, 0.3) is 0 Å². The monoisotopic (exact) mass is 271 g/mol. The van der Waals surface area contributed by atoms with Crippen LogP contribution in [0.4, 0.5) is 0 Å². The molecule has 0 saturated heterocycles. The molecule has 0 fully saturated rings. The molecule has 1 rings (SSSR count).